The minimum absolute atomic E-state index is 0.0113. The van der Waals surface area contributed by atoms with Crippen molar-refractivity contribution in [1.82, 2.24) is 10.2 Å². The minimum atomic E-state index is -0.608. The van der Waals surface area contributed by atoms with Crippen LogP contribution in [0.5, 0.6) is 0 Å². The van der Waals surface area contributed by atoms with E-state index in [-0.39, 0.29) is 30.3 Å². The molecule has 1 aromatic carbocycles. The Kier molecular flexibility index (Phi) is 7.52. The maximum Gasteiger partial charge on any atom is 0.242 e. The topological polar surface area (TPSA) is 75.4 Å². The summed E-state index contributed by atoms with van der Waals surface area (Å²) >= 11 is 5.98. The molecule has 3 N–H and O–H groups in total. The van der Waals surface area contributed by atoms with E-state index in [1.54, 1.807) is 11.0 Å². The van der Waals surface area contributed by atoms with Gasteiger partial charge < -0.3 is 16.0 Å². The number of nitrogens with one attached hydrogen (secondary N) is 1. The molecule has 128 valence electrons. The summed E-state index contributed by atoms with van der Waals surface area (Å²) in [5, 5.41) is 3.25. The molecule has 5 nitrogen and oxygen atoms in total. The Morgan fingerprint density at radius 3 is 2.43 bits per heavy atom. The van der Waals surface area contributed by atoms with E-state index in [1.807, 2.05) is 45.9 Å². The van der Waals surface area contributed by atoms with Gasteiger partial charge >= 0.3 is 0 Å². The van der Waals surface area contributed by atoms with Crippen LogP contribution >= 0.6 is 11.6 Å². The molecule has 23 heavy (non-hydrogen) atoms. The molecule has 0 saturated heterocycles. The summed E-state index contributed by atoms with van der Waals surface area (Å²) in [5.74, 6) is -0.429. The van der Waals surface area contributed by atoms with Gasteiger partial charge in [0.25, 0.3) is 0 Å². The van der Waals surface area contributed by atoms with Gasteiger partial charge in [-0.2, -0.15) is 0 Å². The molecule has 0 aliphatic carbocycles. The standard InChI is InChI=1S/C17H26ClN3O2/c1-11(2)16(19)17(23)20-9-15(22)21(12(3)4)10-13-6-5-7-14(18)8-13/h5-8,11-12,16H,9-10,19H2,1-4H3,(H,20,23)/t16-/m0/s1. The maximum atomic E-state index is 12.4. The Morgan fingerprint density at radius 2 is 1.91 bits per heavy atom. The summed E-state index contributed by atoms with van der Waals surface area (Å²) in [7, 11) is 0. The zero-order valence-corrected chi connectivity index (χ0v) is 14.9. The van der Waals surface area contributed by atoms with Crippen molar-refractivity contribution in [3.8, 4) is 0 Å². The van der Waals surface area contributed by atoms with E-state index < -0.39 is 6.04 Å². The fraction of sp³-hybridized carbons (Fsp3) is 0.529. The predicted molar refractivity (Wildman–Crippen MR) is 93.0 cm³/mol. The highest BCUT2D eigenvalue weighted by Crippen LogP contribution is 2.14. The van der Waals surface area contributed by atoms with Crippen LogP contribution in [0.1, 0.15) is 33.3 Å². The monoisotopic (exact) mass is 339 g/mol. The fourth-order valence-corrected chi connectivity index (χ4v) is 2.29. The molecule has 0 heterocycles. The highest BCUT2D eigenvalue weighted by atomic mass is 35.5. The summed E-state index contributed by atoms with van der Waals surface area (Å²) in [6.45, 7) is 7.99. The van der Waals surface area contributed by atoms with Crippen molar-refractivity contribution in [1.29, 1.82) is 0 Å². The number of amides is 2. The van der Waals surface area contributed by atoms with Crippen LogP contribution < -0.4 is 11.1 Å². The first-order valence-corrected chi connectivity index (χ1v) is 8.17. The van der Waals surface area contributed by atoms with E-state index >= 15 is 0 Å². The number of nitrogens with two attached hydrogens (primary N) is 1. The fourth-order valence-electron chi connectivity index (χ4n) is 2.08. The van der Waals surface area contributed by atoms with Gasteiger partial charge in [-0.25, -0.2) is 0 Å². The van der Waals surface area contributed by atoms with Crippen molar-refractivity contribution >= 4 is 23.4 Å². The van der Waals surface area contributed by atoms with E-state index in [4.69, 9.17) is 17.3 Å². The zero-order chi connectivity index (χ0) is 17.6. The number of halogens is 1. The van der Waals surface area contributed by atoms with E-state index in [0.717, 1.165) is 5.56 Å². The van der Waals surface area contributed by atoms with E-state index in [2.05, 4.69) is 5.32 Å². The first-order valence-electron chi connectivity index (χ1n) is 7.79. The van der Waals surface area contributed by atoms with Gasteiger partial charge in [0, 0.05) is 17.6 Å². The van der Waals surface area contributed by atoms with Crippen molar-refractivity contribution < 1.29 is 9.59 Å². The number of benzene rings is 1. The molecular formula is C17H26ClN3O2. The summed E-state index contributed by atoms with van der Waals surface area (Å²) < 4.78 is 0. The Labute approximate surface area is 143 Å². The van der Waals surface area contributed by atoms with Crippen molar-refractivity contribution in [2.75, 3.05) is 6.54 Å². The van der Waals surface area contributed by atoms with E-state index in [0.29, 0.717) is 11.6 Å². The number of carbonyl (C=O) groups excluding carboxylic acids is 2. The van der Waals surface area contributed by atoms with Crippen LogP contribution in [0.25, 0.3) is 0 Å². The van der Waals surface area contributed by atoms with Crippen LogP contribution in [-0.2, 0) is 16.1 Å². The lowest BCUT2D eigenvalue weighted by molar-refractivity contribution is -0.135. The van der Waals surface area contributed by atoms with Crippen LogP contribution in [0.4, 0.5) is 0 Å². The maximum absolute atomic E-state index is 12.4. The van der Waals surface area contributed by atoms with Gasteiger partial charge in [-0.3, -0.25) is 9.59 Å². The minimum Gasteiger partial charge on any atom is -0.346 e. The third kappa shape index (κ3) is 6.20. The van der Waals surface area contributed by atoms with Crippen molar-refractivity contribution in [2.24, 2.45) is 11.7 Å². The molecule has 0 unspecified atom stereocenters. The summed E-state index contributed by atoms with van der Waals surface area (Å²) in [6, 6.07) is 6.80. The van der Waals surface area contributed by atoms with Crippen LogP contribution in [0.2, 0.25) is 5.02 Å². The number of hydrogen-bond donors (Lipinski definition) is 2. The second-order valence-corrected chi connectivity index (χ2v) is 6.67. The molecule has 0 radical (unpaired) electrons. The lowest BCUT2D eigenvalue weighted by atomic mass is 10.1. The van der Waals surface area contributed by atoms with E-state index in [9.17, 15) is 9.59 Å². The molecule has 0 bridgehead atoms. The molecule has 0 saturated carbocycles. The van der Waals surface area contributed by atoms with Crippen LogP contribution in [-0.4, -0.2) is 35.3 Å². The molecule has 0 fully saturated rings. The first-order chi connectivity index (χ1) is 10.7. The molecule has 2 amide bonds. The van der Waals surface area contributed by atoms with Gasteiger partial charge in [0.05, 0.1) is 12.6 Å². The lowest BCUT2D eigenvalue weighted by Crippen LogP contribution is -2.48. The lowest BCUT2D eigenvalue weighted by Gasteiger charge is -2.27. The zero-order valence-electron chi connectivity index (χ0n) is 14.2. The van der Waals surface area contributed by atoms with Gasteiger partial charge in [-0.05, 0) is 37.5 Å². The number of nitrogens with zero attached hydrogens (tertiary/aromatic N) is 1. The van der Waals surface area contributed by atoms with Gasteiger partial charge in [-0.15, -0.1) is 0 Å². The molecule has 1 aromatic rings. The van der Waals surface area contributed by atoms with Gasteiger partial charge in [0.1, 0.15) is 0 Å². The van der Waals surface area contributed by atoms with Gasteiger partial charge in [0.15, 0.2) is 0 Å². The Balaban J connectivity index is 2.67. The van der Waals surface area contributed by atoms with E-state index in [1.165, 1.54) is 0 Å². The average molecular weight is 340 g/mol. The molecule has 0 aliphatic rings. The number of carbonyl (C=O) groups is 2. The van der Waals surface area contributed by atoms with Crippen LogP contribution in [0.15, 0.2) is 24.3 Å². The van der Waals surface area contributed by atoms with Crippen molar-refractivity contribution in [2.45, 2.75) is 46.3 Å². The largest absolute Gasteiger partial charge is 0.346 e. The highest BCUT2D eigenvalue weighted by Gasteiger charge is 2.21. The predicted octanol–water partition coefficient (Wildman–Crippen LogP) is 2.18. The second-order valence-electron chi connectivity index (χ2n) is 6.23. The average Bonchev–Trinajstić information content (AvgIpc) is 2.48. The number of hydrogen-bond acceptors (Lipinski definition) is 3. The molecule has 0 aliphatic heterocycles. The Bertz CT molecular complexity index is 546. The van der Waals surface area contributed by atoms with Crippen LogP contribution in [0, 0.1) is 5.92 Å². The van der Waals surface area contributed by atoms with Gasteiger partial charge in [-0.1, -0.05) is 37.6 Å². The summed E-state index contributed by atoms with van der Waals surface area (Å²) in [4.78, 5) is 26.0. The normalized spacial score (nSPS) is 12.3. The van der Waals surface area contributed by atoms with Crippen molar-refractivity contribution in [3.63, 3.8) is 0 Å². The smallest absolute Gasteiger partial charge is 0.242 e. The Morgan fingerprint density at radius 1 is 1.26 bits per heavy atom. The third-order valence-electron chi connectivity index (χ3n) is 3.62. The number of rotatable bonds is 7. The molecular weight excluding hydrogens is 314 g/mol. The summed E-state index contributed by atoms with van der Waals surface area (Å²) in [6.07, 6.45) is 0. The molecule has 0 aromatic heterocycles. The quantitative estimate of drug-likeness (QED) is 0.799. The SMILES string of the molecule is CC(C)[C@H](N)C(=O)NCC(=O)N(Cc1cccc(Cl)c1)C(C)C. The van der Waals surface area contributed by atoms with Crippen molar-refractivity contribution in [3.05, 3.63) is 34.9 Å². The summed E-state index contributed by atoms with van der Waals surface area (Å²) in [5.41, 5.74) is 6.72. The second kappa shape index (κ2) is 8.89. The first kappa shape index (κ1) is 19.5. The molecule has 1 rings (SSSR count). The van der Waals surface area contributed by atoms with Crippen LogP contribution in [0.3, 0.4) is 0 Å². The Hall–Kier alpha value is -1.59. The molecule has 1 atom stereocenters. The molecule has 6 heteroatoms. The highest BCUT2D eigenvalue weighted by molar-refractivity contribution is 6.30. The van der Waals surface area contributed by atoms with Gasteiger partial charge in [0.2, 0.25) is 11.8 Å². The third-order valence-corrected chi connectivity index (χ3v) is 3.86. The molecule has 0 spiro atoms.